The van der Waals surface area contributed by atoms with E-state index in [1.54, 1.807) is 4.90 Å². The van der Waals surface area contributed by atoms with Gasteiger partial charge in [-0.05, 0) is 62.1 Å². The van der Waals surface area contributed by atoms with Crippen LogP contribution >= 0.6 is 0 Å². The van der Waals surface area contributed by atoms with Crippen molar-refractivity contribution in [2.75, 3.05) is 18.0 Å². The number of carbonyl (C=O) groups excluding carboxylic acids is 2. The molecule has 2 heterocycles. The van der Waals surface area contributed by atoms with Gasteiger partial charge in [-0.2, -0.15) is 0 Å². The molecule has 1 atom stereocenters. The summed E-state index contributed by atoms with van der Waals surface area (Å²) in [6.45, 7) is 3.19. The fraction of sp³-hybridized carbons (Fsp3) is 0.364. The van der Waals surface area contributed by atoms with Gasteiger partial charge in [-0.1, -0.05) is 18.2 Å². The lowest BCUT2D eigenvalue weighted by Crippen LogP contribution is -2.46. The molecule has 1 saturated heterocycles. The quantitative estimate of drug-likeness (QED) is 0.814. The Bertz CT molecular complexity index is 857. The molecule has 4 nitrogen and oxygen atoms in total. The van der Waals surface area contributed by atoms with Crippen LogP contribution in [0.15, 0.2) is 48.5 Å². The van der Waals surface area contributed by atoms with Crippen LogP contribution in [0.2, 0.25) is 0 Å². The van der Waals surface area contributed by atoms with E-state index < -0.39 is 0 Å². The van der Waals surface area contributed by atoms with E-state index >= 15 is 0 Å². The maximum absolute atomic E-state index is 13.1. The van der Waals surface area contributed by atoms with Crippen molar-refractivity contribution in [2.45, 2.75) is 32.2 Å². The molecule has 0 saturated carbocycles. The summed E-state index contributed by atoms with van der Waals surface area (Å²) in [5, 5.41) is 0. The summed E-state index contributed by atoms with van der Waals surface area (Å²) in [7, 11) is 0. The van der Waals surface area contributed by atoms with Crippen LogP contribution in [0.5, 0.6) is 0 Å². The predicted octanol–water partition coefficient (Wildman–Crippen LogP) is 3.66. The first kappa shape index (κ1) is 17.7. The standard InChI is InChI=1S/C22H23FN2O2/c1-15-14-18-4-2-3-5-20(18)25(15)22(27)17-10-12-24(13-11-17)21(26)16-6-8-19(23)9-7-16/h2-9,15,17H,10-14H2,1H3. The molecule has 5 heteroatoms. The zero-order chi connectivity index (χ0) is 19.0. The van der Waals surface area contributed by atoms with E-state index in [2.05, 4.69) is 13.0 Å². The minimum atomic E-state index is -0.351. The molecule has 140 valence electrons. The van der Waals surface area contributed by atoms with Gasteiger partial charge in [-0.15, -0.1) is 0 Å². The summed E-state index contributed by atoms with van der Waals surface area (Å²) < 4.78 is 13.1. The average molecular weight is 366 g/mol. The van der Waals surface area contributed by atoms with E-state index in [0.29, 0.717) is 31.5 Å². The number of benzene rings is 2. The minimum Gasteiger partial charge on any atom is -0.339 e. The first-order valence-electron chi connectivity index (χ1n) is 9.50. The molecule has 4 rings (SSSR count). The first-order valence-corrected chi connectivity index (χ1v) is 9.50. The van der Waals surface area contributed by atoms with Gasteiger partial charge in [0.1, 0.15) is 5.82 Å². The zero-order valence-corrected chi connectivity index (χ0v) is 15.4. The van der Waals surface area contributed by atoms with Crippen LogP contribution in [0.4, 0.5) is 10.1 Å². The van der Waals surface area contributed by atoms with E-state index in [4.69, 9.17) is 0 Å². The van der Waals surface area contributed by atoms with Crippen LogP contribution in [0.25, 0.3) is 0 Å². The lowest BCUT2D eigenvalue weighted by molar-refractivity contribution is -0.124. The second-order valence-electron chi connectivity index (χ2n) is 7.46. The molecule has 0 aromatic heterocycles. The van der Waals surface area contributed by atoms with E-state index in [-0.39, 0.29) is 29.6 Å². The van der Waals surface area contributed by atoms with E-state index in [9.17, 15) is 14.0 Å². The van der Waals surface area contributed by atoms with Crippen molar-refractivity contribution in [3.63, 3.8) is 0 Å². The smallest absolute Gasteiger partial charge is 0.253 e. The van der Waals surface area contributed by atoms with Crippen LogP contribution in [0, 0.1) is 11.7 Å². The highest BCUT2D eigenvalue weighted by Gasteiger charge is 2.36. The van der Waals surface area contributed by atoms with Gasteiger partial charge >= 0.3 is 0 Å². The summed E-state index contributed by atoms with van der Waals surface area (Å²) in [6, 6.07) is 13.9. The fourth-order valence-electron chi connectivity index (χ4n) is 4.20. The van der Waals surface area contributed by atoms with Gasteiger partial charge in [0.05, 0.1) is 0 Å². The molecule has 2 amide bonds. The Kier molecular flexibility index (Phi) is 4.68. The number of nitrogens with zero attached hydrogens (tertiary/aromatic N) is 2. The highest BCUT2D eigenvalue weighted by Crippen LogP contribution is 2.34. The van der Waals surface area contributed by atoms with E-state index in [1.807, 2.05) is 23.1 Å². The van der Waals surface area contributed by atoms with Crippen LogP contribution in [0.3, 0.4) is 0 Å². The monoisotopic (exact) mass is 366 g/mol. The summed E-state index contributed by atoms with van der Waals surface area (Å²) in [4.78, 5) is 29.4. The molecule has 0 aliphatic carbocycles. The number of hydrogen-bond donors (Lipinski definition) is 0. The van der Waals surface area contributed by atoms with E-state index in [1.165, 1.54) is 29.8 Å². The Balaban J connectivity index is 1.41. The number of rotatable bonds is 2. The molecule has 2 aliphatic heterocycles. The summed E-state index contributed by atoms with van der Waals surface area (Å²) in [5.41, 5.74) is 2.74. The number of fused-ring (bicyclic) bond motifs is 1. The van der Waals surface area contributed by atoms with Gasteiger partial charge in [0.25, 0.3) is 5.91 Å². The Hall–Kier alpha value is -2.69. The van der Waals surface area contributed by atoms with Crippen molar-refractivity contribution < 1.29 is 14.0 Å². The number of amides is 2. The van der Waals surface area contributed by atoms with Crippen LogP contribution in [-0.4, -0.2) is 35.8 Å². The molecule has 1 fully saturated rings. The normalized spacial score (nSPS) is 19.9. The van der Waals surface area contributed by atoms with Crippen molar-refractivity contribution in [3.05, 3.63) is 65.5 Å². The molecule has 0 bridgehead atoms. The molecule has 2 aromatic rings. The van der Waals surface area contributed by atoms with Gasteiger partial charge in [0.15, 0.2) is 0 Å². The Morgan fingerprint density at radius 1 is 1.00 bits per heavy atom. The van der Waals surface area contributed by atoms with Gasteiger partial charge in [0, 0.05) is 36.3 Å². The van der Waals surface area contributed by atoms with Gasteiger partial charge in [0.2, 0.25) is 5.91 Å². The van der Waals surface area contributed by atoms with Crippen molar-refractivity contribution in [1.29, 1.82) is 0 Å². The number of carbonyl (C=O) groups is 2. The Morgan fingerprint density at radius 3 is 2.37 bits per heavy atom. The Morgan fingerprint density at radius 2 is 1.67 bits per heavy atom. The maximum atomic E-state index is 13.1. The van der Waals surface area contributed by atoms with Gasteiger partial charge in [-0.25, -0.2) is 4.39 Å². The number of para-hydroxylation sites is 1. The lowest BCUT2D eigenvalue weighted by atomic mass is 9.94. The third-order valence-corrected chi connectivity index (χ3v) is 5.67. The number of hydrogen-bond acceptors (Lipinski definition) is 2. The molecule has 1 unspecified atom stereocenters. The molecule has 0 spiro atoms. The SMILES string of the molecule is CC1Cc2ccccc2N1C(=O)C1CCN(C(=O)c2ccc(F)cc2)CC1. The lowest BCUT2D eigenvalue weighted by Gasteiger charge is -2.34. The second kappa shape index (κ2) is 7.14. The van der Waals surface area contributed by atoms with Gasteiger partial charge < -0.3 is 9.80 Å². The molecule has 0 N–H and O–H groups in total. The van der Waals surface area contributed by atoms with Crippen LogP contribution in [0.1, 0.15) is 35.7 Å². The Labute approximate surface area is 158 Å². The zero-order valence-electron chi connectivity index (χ0n) is 15.4. The summed E-state index contributed by atoms with van der Waals surface area (Å²) >= 11 is 0. The molecule has 27 heavy (non-hydrogen) atoms. The fourth-order valence-corrected chi connectivity index (χ4v) is 4.20. The van der Waals surface area contributed by atoms with Crippen molar-refractivity contribution in [2.24, 2.45) is 5.92 Å². The number of likely N-dealkylation sites (tertiary alicyclic amines) is 1. The number of piperidine rings is 1. The number of halogens is 1. The maximum Gasteiger partial charge on any atom is 0.253 e. The number of anilines is 1. The second-order valence-corrected chi connectivity index (χ2v) is 7.46. The summed E-state index contributed by atoms with van der Waals surface area (Å²) in [5.74, 6) is -0.339. The van der Waals surface area contributed by atoms with Crippen LogP contribution < -0.4 is 4.90 Å². The molecule has 2 aromatic carbocycles. The van der Waals surface area contributed by atoms with Crippen molar-refractivity contribution in [1.82, 2.24) is 4.90 Å². The minimum absolute atomic E-state index is 0.0594. The molecule has 2 aliphatic rings. The summed E-state index contributed by atoms with van der Waals surface area (Å²) in [6.07, 6.45) is 2.22. The van der Waals surface area contributed by atoms with Crippen LogP contribution in [-0.2, 0) is 11.2 Å². The predicted molar refractivity (Wildman–Crippen MR) is 102 cm³/mol. The largest absolute Gasteiger partial charge is 0.339 e. The molecular weight excluding hydrogens is 343 g/mol. The van der Waals surface area contributed by atoms with Crippen molar-refractivity contribution in [3.8, 4) is 0 Å². The highest BCUT2D eigenvalue weighted by molar-refractivity contribution is 5.98. The highest BCUT2D eigenvalue weighted by atomic mass is 19.1. The van der Waals surface area contributed by atoms with E-state index in [0.717, 1.165) is 12.1 Å². The molecular formula is C22H23FN2O2. The van der Waals surface area contributed by atoms with Gasteiger partial charge in [-0.3, -0.25) is 9.59 Å². The third kappa shape index (κ3) is 3.34. The topological polar surface area (TPSA) is 40.6 Å². The average Bonchev–Trinajstić information content (AvgIpc) is 3.03. The first-order chi connectivity index (χ1) is 13.0. The third-order valence-electron chi connectivity index (χ3n) is 5.67. The molecule has 0 radical (unpaired) electrons. The van der Waals surface area contributed by atoms with Crippen molar-refractivity contribution >= 4 is 17.5 Å².